The lowest BCUT2D eigenvalue weighted by Crippen LogP contribution is -2.28. The van der Waals surface area contributed by atoms with Gasteiger partial charge in [-0.25, -0.2) is 0 Å². The quantitative estimate of drug-likeness (QED) is 0.648. The Bertz CT molecular complexity index is 285. The van der Waals surface area contributed by atoms with Gasteiger partial charge in [0.05, 0.1) is 6.20 Å². The van der Waals surface area contributed by atoms with Crippen LogP contribution in [-0.4, -0.2) is 46.4 Å². The lowest BCUT2D eigenvalue weighted by Gasteiger charge is -2.14. The van der Waals surface area contributed by atoms with Gasteiger partial charge in [0.15, 0.2) is 5.69 Å². The highest BCUT2D eigenvalue weighted by molar-refractivity contribution is 5.91. The largest absolute Gasteiger partial charge is 0.340 e. The molecule has 0 bridgehead atoms. The number of nitrogens with one attached hydrogen (secondary N) is 1. The average molecular weight is 211 g/mol. The highest BCUT2D eigenvalue weighted by Gasteiger charge is 2.13. The molecular formula is C9H17N5O. The van der Waals surface area contributed by atoms with Crippen LogP contribution >= 0.6 is 0 Å². The number of carbonyl (C=O) groups is 1. The van der Waals surface area contributed by atoms with Crippen LogP contribution in [0.15, 0.2) is 6.20 Å². The van der Waals surface area contributed by atoms with Gasteiger partial charge in [0.2, 0.25) is 0 Å². The van der Waals surface area contributed by atoms with E-state index < -0.39 is 0 Å². The molecule has 6 heteroatoms. The van der Waals surface area contributed by atoms with Crippen molar-refractivity contribution in [1.29, 1.82) is 0 Å². The van der Waals surface area contributed by atoms with Gasteiger partial charge in [0.1, 0.15) is 0 Å². The fraction of sp³-hybridized carbons (Fsp3) is 0.667. The summed E-state index contributed by atoms with van der Waals surface area (Å²) in [5, 5.41) is 9.75. The van der Waals surface area contributed by atoms with Gasteiger partial charge in [-0.1, -0.05) is 6.42 Å². The van der Waals surface area contributed by atoms with Crippen molar-refractivity contribution in [2.75, 3.05) is 20.1 Å². The first-order valence-electron chi connectivity index (χ1n) is 5.07. The summed E-state index contributed by atoms with van der Waals surface area (Å²) in [5.41, 5.74) is 5.74. The molecule has 0 aromatic carbocycles. The Morgan fingerprint density at radius 3 is 2.93 bits per heavy atom. The third kappa shape index (κ3) is 3.67. The summed E-state index contributed by atoms with van der Waals surface area (Å²) < 4.78 is 0. The summed E-state index contributed by atoms with van der Waals surface area (Å²) >= 11 is 0. The van der Waals surface area contributed by atoms with Crippen molar-refractivity contribution < 1.29 is 4.79 Å². The van der Waals surface area contributed by atoms with Gasteiger partial charge in [-0.2, -0.15) is 15.4 Å². The number of rotatable bonds is 6. The van der Waals surface area contributed by atoms with E-state index in [1.165, 1.54) is 6.20 Å². The minimum absolute atomic E-state index is 0.100. The van der Waals surface area contributed by atoms with Gasteiger partial charge in [-0.3, -0.25) is 4.79 Å². The zero-order chi connectivity index (χ0) is 11.1. The first-order valence-corrected chi connectivity index (χ1v) is 5.07. The fourth-order valence-corrected chi connectivity index (χ4v) is 1.27. The third-order valence-electron chi connectivity index (χ3n) is 2.18. The van der Waals surface area contributed by atoms with Crippen LogP contribution in [0.3, 0.4) is 0 Å². The van der Waals surface area contributed by atoms with Gasteiger partial charge in [0.25, 0.3) is 5.91 Å². The van der Waals surface area contributed by atoms with Crippen molar-refractivity contribution in [2.24, 2.45) is 5.73 Å². The summed E-state index contributed by atoms with van der Waals surface area (Å²) in [6.45, 7) is 1.44. The summed E-state index contributed by atoms with van der Waals surface area (Å²) in [6, 6.07) is 0. The number of carbonyl (C=O) groups excluding carboxylic acids is 1. The van der Waals surface area contributed by atoms with E-state index in [1.807, 2.05) is 0 Å². The number of hydrogen-bond acceptors (Lipinski definition) is 4. The zero-order valence-corrected chi connectivity index (χ0v) is 8.94. The molecule has 0 radical (unpaired) electrons. The van der Waals surface area contributed by atoms with Crippen molar-refractivity contribution in [3.8, 4) is 0 Å². The molecule has 0 spiro atoms. The second-order valence-corrected chi connectivity index (χ2v) is 3.43. The molecule has 15 heavy (non-hydrogen) atoms. The van der Waals surface area contributed by atoms with E-state index in [9.17, 15) is 4.79 Å². The maximum atomic E-state index is 11.6. The lowest BCUT2D eigenvalue weighted by molar-refractivity contribution is 0.0787. The standard InChI is InChI=1S/C9H17N5O/c1-14(6-4-2-3-5-10)9(15)8-7-11-13-12-8/h7H,2-6,10H2,1H3,(H,11,12,13). The van der Waals surface area contributed by atoms with E-state index >= 15 is 0 Å². The molecule has 0 fully saturated rings. The molecule has 0 unspecified atom stereocenters. The number of aromatic nitrogens is 3. The van der Waals surface area contributed by atoms with Crippen molar-refractivity contribution in [1.82, 2.24) is 20.3 Å². The minimum Gasteiger partial charge on any atom is -0.340 e. The number of hydrogen-bond donors (Lipinski definition) is 2. The first kappa shape index (κ1) is 11.6. The van der Waals surface area contributed by atoms with Crippen LogP contribution in [0, 0.1) is 0 Å². The SMILES string of the molecule is CN(CCCCCN)C(=O)c1cn[nH]n1. The van der Waals surface area contributed by atoms with Crippen LogP contribution in [-0.2, 0) is 0 Å². The van der Waals surface area contributed by atoms with E-state index in [0.717, 1.165) is 25.8 Å². The van der Waals surface area contributed by atoms with E-state index in [4.69, 9.17) is 5.73 Å². The Labute approximate surface area is 88.8 Å². The molecule has 1 rings (SSSR count). The Morgan fingerprint density at radius 2 is 2.33 bits per heavy atom. The molecule has 3 N–H and O–H groups in total. The highest BCUT2D eigenvalue weighted by atomic mass is 16.2. The number of amides is 1. The number of aromatic amines is 1. The topological polar surface area (TPSA) is 87.9 Å². The monoisotopic (exact) mass is 211 g/mol. The van der Waals surface area contributed by atoms with Gasteiger partial charge in [-0.05, 0) is 19.4 Å². The Balaban J connectivity index is 2.28. The molecule has 0 saturated carbocycles. The molecule has 0 aliphatic rings. The smallest absolute Gasteiger partial charge is 0.275 e. The number of nitrogens with zero attached hydrogens (tertiary/aromatic N) is 3. The second kappa shape index (κ2) is 6.13. The van der Waals surface area contributed by atoms with Crippen LogP contribution in [0.25, 0.3) is 0 Å². The van der Waals surface area contributed by atoms with E-state index in [2.05, 4.69) is 15.4 Å². The number of unbranched alkanes of at least 4 members (excludes halogenated alkanes) is 2. The maximum absolute atomic E-state index is 11.6. The summed E-state index contributed by atoms with van der Waals surface area (Å²) in [6.07, 6.45) is 4.45. The Morgan fingerprint density at radius 1 is 1.53 bits per heavy atom. The van der Waals surface area contributed by atoms with Crippen LogP contribution in [0.4, 0.5) is 0 Å². The number of nitrogens with two attached hydrogens (primary N) is 1. The van der Waals surface area contributed by atoms with Crippen LogP contribution in [0.1, 0.15) is 29.8 Å². The molecule has 0 atom stereocenters. The normalized spacial score (nSPS) is 10.3. The van der Waals surface area contributed by atoms with Gasteiger partial charge in [0, 0.05) is 13.6 Å². The van der Waals surface area contributed by atoms with Crippen LogP contribution < -0.4 is 5.73 Å². The average Bonchev–Trinajstić information content (AvgIpc) is 2.76. The third-order valence-corrected chi connectivity index (χ3v) is 2.18. The molecule has 1 aromatic heterocycles. The second-order valence-electron chi connectivity index (χ2n) is 3.43. The van der Waals surface area contributed by atoms with Crippen LogP contribution in [0.5, 0.6) is 0 Å². The summed E-state index contributed by atoms with van der Waals surface area (Å²) in [4.78, 5) is 13.3. The lowest BCUT2D eigenvalue weighted by atomic mass is 10.2. The van der Waals surface area contributed by atoms with E-state index in [1.54, 1.807) is 11.9 Å². The Kier molecular flexibility index (Phi) is 4.76. The summed E-state index contributed by atoms with van der Waals surface area (Å²) in [7, 11) is 1.76. The minimum atomic E-state index is -0.100. The van der Waals surface area contributed by atoms with Gasteiger partial charge < -0.3 is 10.6 Å². The maximum Gasteiger partial charge on any atom is 0.275 e. The van der Waals surface area contributed by atoms with E-state index in [0.29, 0.717) is 12.2 Å². The molecule has 0 aliphatic carbocycles. The zero-order valence-electron chi connectivity index (χ0n) is 8.94. The fourth-order valence-electron chi connectivity index (χ4n) is 1.27. The molecule has 84 valence electrons. The predicted octanol–water partition coefficient (Wildman–Crippen LogP) is 0.00570. The predicted molar refractivity (Wildman–Crippen MR) is 56.2 cm³/mol. The van der Waals surface area contributed by atoms with Crippen molar-refractivity contribution in [3.63, 3.8) is 0 Å². The van der Waals surface area contributed by atoms with Crippen molar-refractivity contribution >= 4 is 5.91 Å². The highest BCUT2D eigenvalue weighted by Crippen LogP contribution is 2.00. The molecule has 0 aliphatic heterocycles. The molecule has 1 amide bonds. The number of H-pyrrole nitrogens is 1. The molecular weight excluding hydrogens is 194 g/mol. The molecule has 6 nitrogen and oxygen atoms in total. The molecule has 0 saturated heterocycles. The van der Waals surface area contributed by atoms with Crippen molar-refractivity contribution in [2.45, 2.75) is 19.3 Å². The van der Waals surface area contributed by atoms with Gasteiger partial charge >= 0.3 is 0 Å². The van der Waals surface area contributed by atoms with Crippen molar-refractivity contribution in [3.05, 3.63) is 11.9 Å². The summed E-state index contributed by atoms with van der Waals surface area (Å²) in [5.74, 6) is -0.100. The Hall–Kier alpha value is -1.43. The molecule has 1 aromatic rings. The first-order chi connectivity index (χ1) is 7.25. The van der Waals surface area contributed by atoms with Gasteiger partial charge in [-0.15, -0.1) is 0 Å². The molecule has 1 heterocycles. The van der Waals surface area contributed by atoms with Crippen LogP contribution in [0.2, 0.25) is 0 Å². The van der Waals surface area contributed by atoms with E-state index in [-0.39, 0.29) is 5.91 Å².